The van der Waals surface area contributed by atoms with Crippen LogP contribution in [-0.4, -0.2) is 29.2 Å². The smallest absolute Gasteiger partial charge is 0.271 e. The Hall–Kier alpha value is -2.69. The van der Waals surface area contributed by atoms with Gasteiger partial charge in [0.1, 0.15) is 5.82 Å². The third kappa shape index (κ3) is 4.72. The lowest BCUT2D eigenvalue weighted by molar-refractivity contribution is 0.0948. The summed E-state index contributed by atoms with van der Waals surface area (Å²) in [6, 6.07) is 13.4. The number of amides is 1. The van der Waals surface area contributed by atoms with Gasteiger partial charge in [-0.2, -0.15) is 0 Å². The third-order valence-electron chi connectivity index (χ3n) is 2.87. The minimum atomic E-state index is -0.214. The average molecular weight is 282 g/mol. The maximum atomic E-state index is 11.9. The number of rotatable bonds is 7. The van der Waals surface area contributed by atoms with Crippen LogP contribution in [0.2, 0.25) is 0 Å². The van der Waals surface area contributed by atoms with E-state index in [0.717, 1.165) is 6.42 Å². The molecule has 1 aromatic heterocycles. The Morgan fingerprint density at radius 1 is 1.14 bits per heavy atom. The number of nitrogens with zero attached hydrogens (tertiary/aromatic N) is 2. The highest BCUT2D eigenvalue weighted by molar-refractivity contribution is 5.92. The average Bonchev–Trinajstić information content (AvgIpc) is 2.54. The molecule has 2 N–H and O–H groups in total. The highest BCUT2D eigenvalue weighted by atomic mass is 16.1. The van der Waals surface area contributed by atoms with Crippen LogP contribution in [0.15, 0.2) is 55.1 Å². The molecule has 2 aromatic rings. The standard InChI is InChI=1S/C16H18N4O/c1-2-11-17-15-9-8-14(19-20-15)16(21)18-12-10-13-6-4-3-5-7-13/h2-9H,1,10-12H2,(H,17,20)(H,18,21). The summed E-state index contributed by atoms with van der Waals surface area (Å²) in [4.78, 5) is 11.9. The summed E-state index contributed by atoms with van der Waals surface area (Å²) in [6.45, 7) is 4.78. The molecule has 2 rings (SSSR count). The number of hydrogen-bond acceptors (Lipinski definition) is 4. The first-order chi connectivity index (χ1) is 10.3. The first-order valence-electron chi connectivity index (χ1n) is 6.80. The van der Waals surface area contributed by atoms with Gasteiger partial charge < -0.3 is 10.6 Å². The second kappa shape index (κ2) is 7.79. The van der Waals surface area contributed by atoms with E-state index in [1.54, 1.807) is 18.2 Å². The lowest BCUT2D eigenvalue weighted by Crippen LogP contribution is -2.26. The van der Waals surface area contributed by atoms with Crippen molar-refractivity contribution in [1.29, 1.82) is 0 Å². The Morgan fingerprint density at radius 3 is 2.62 bits per heavy atom. The van der Waals surface area contributed by atoms with Crippen molar-refractivity contribution in [3.05, 3.63) is 66.4 Å². The normalized spacial score (nSPS) is 9.90. The summed E-state index contributed by atoms with van der Waals surface area (Å²) >= 11 is 0. The highest BCUT2D eigenvalue weighted by Gasteiger charge is 2.07. The molecule has 1 amide bonds. The van der Waals surface area contributed by atoms with E-state index in [2.05, 4.69) is 27.4 Å². The van der Waals surface area contributed by atoms with Crippen LogP contribution >= 0.6 is 0 Å². The molecule has 21 heavy (non-hydrogen) atoms. The maximum Gasteiger partial charge on any atom is 0.271 e. The van der Waals surface area contributed by atoms with E-state index in [1.807, 2.05) is 30.3 Å². The highest BCUT2D eigenvalue weighted by Crippen LogP contribution is 2.02. The number of carbonyl (C=O) groups is 1. The van der Waals surface area contributed by atoms with Gasteiger partial charge in [-0.25, -0.2) is 0 Å². The first kappa shape index (κ1) is 14.7. The molecular formula is C16H18N4O. The maximum absolute atomic E-state index is 11.9. The fraction of sp³-hybridized carbons (Fsp3) is 0.188. The van der Waals surface area contributed by atoms with Crippen molar-refractivity contribution in [1.82, 2.24) is 15.5 Å². The van der Waals surface area contributed by atoms with Gasteiger partial charge in [-0.05, 0) is 24.1 Å². The number of benzene rings is 1. The molecule has 1 aromatic carbocycles. The largest absolute Gasteiger partial charge is 0.365 e. The molecule has 0 saturated carbocycles. The molecule has 0 unspecified atom stereocenters. The van der Waals surface area contributed by atoms with Crippen LogP contribution < -0.4 is 10.6 Å². The van der Waals surface area contributed by atoms with Crippen LogP contribution in [0.3, 0.4) is 0 Å². The van der Waals surface area contributed by atoms with Gasteiger partial charge >= 0.3 is 0 Å². The summed E-state index contributed by atoms with van der Waals surface area (Å²) in [7, 11) is 0. The van der Waals surface area contributed by atoms with Crippen molar-refractivity contribution >= 4 is 11.7 Å². The molecule has 0 atom stereocenters. The molecule has 0 saturated heterocycles. The quantitative estimate of drug-likeness (QED) is 0.763. The summed E-state index contributed by atoms with van der Waals surface area (Å²) in [5, 5.41) is 13.7. The van der Waals surface area contributed by atoms with Gasteiger partial charge in [0.15, 0.2) is 5.69 Å². The van der Waals surface area contributed by atoms with Crippen molar-refractivity contribution in [3.63, 3.8) is 0 Å². The molecule has 0 bridgehead atoms. The lowest BCUT2D eigenvalue weighted by atomic mass is 10.1. The van der Waals surface area contributed by atoms with E-state index in [4.69, 9.17) is 0 Å². The Morgan fingerprint density at radius 2 is 1.95 bits per heavy atom. The second-order valence-electron chi connectivity index (χ2n) is 4.46. The minimum Gasteiger partial charge on any atom is -0.365 e. The Balaban J connectivity index is 1.81. The van der Waals surface area contributed by atoms with Gasteiger partial charge in [-0.15, -0.1) is 16.8 Å². The molecular weight excluding hydrogens is 264 g/mol. The number of nitrogens with one attached hydrogen (secondary N) is 2. The summed E-state index contributed by atoms with van der Waals surface area (Å²) in [6.07, 6.45) is 2.52. The molecule has 0 aliphatic carbocycles. The van der Waals surface area contributed by atoms with Gasteiger partial charge in [0.25, 0.3) is 5.91 Å². The van der Waals surface area contributed by atoms with Crippen LogP contribution in [0.5, 0.6) is 0 Å². The number of aromatic nitrogens is 2. The van der Waals surface area contributed by atoms with E-state index in [0.29, 0.717) is 24.6 Å². The first-order valence-corrected chi connectivity index (χ1v) is 6.80. The molecule has 1 heterocycles. The molecule has 0 spiro atoms. The van der Waals surface area contributed by atoms with E-state index in [1.165, 1.54) is 5.56 Å². The predicted molar refractivity (Wildman–Crippen MR) is 83.2 cm³/mol. The van der Waals surface area contributed by atoms with Crippen molar-refractivity contribution in [2.24, 2.45) is 0 Å². The fourth-order valence-electron chi connectivity index (χ4n) is 1.78. The molecule has 0 fully saturated rings. The SMILES string of the molecule is C=CCNc1ccc(C(=O)NCCc2ccccc2)nn1. The van der Waals surface area contributed by atoms with Gasteiger partial charge in [0.05, 0.1) is 0 Å². The number of carbonyl (C=O) groups excluding carboxylic acids is 1. The van der Waals surface area contributed by atoms with Crippen LogP contribution in [0, 0.1) is 0 Å². The molecule has 0 aliphatic heterocycles. The molecule has 108 valence electrons. The van der Waals surface area contributed by atoms with Crippen molar-refractivity contribution in [3.8, 4) is 0 Å². The van der Waals surface area contributed by atoms with Gasteiger partial charge in [-0.1, -0.05) is 36.4 Å². The zero-order chi connectivity index (χ0) is 14.9. The van der Waals surface area contributed by atoms with Gasteiger partial charge in [0.2, 0.25) is 0 Å². The fourth-order valence-corrected chi connectivity index (χ4v) is 1.78. The minimum absolute atomic E-state index is 0.214. The summed E-state index contributed by atoms with van der Waals surface area (Å²) < 4.78 is 0. The third-order valence-corrected chi connectivity index (χ3v) is 2.87. The van der Waals surface area contributed by atoms with Gasteiger partial charge in [-0.3, -0.25) is 4.79 Å². The van der Waals surface area contributed by atoms with Crippen molar-refractivity contribution in [2.45, 2.75) is 6.42 Å². The topological polar surface area (TPSA) is 66.9 Å². The zero-order valence-electron chi connectivity index (χ0n) is 11.7. The molecule has 5 heteroatoms. The van der Waals surface area contributed by atoms with Crippen LogP contribution in [0.1, 0.15) is 16.1 Å². The van der Waals surface area contributed by atoms with Crippen LogP contribution in [0.25, 0.3) is 0 Å². The molecule has 5 nitrogen and oxygen atoms in total. The summed E-state index contributed by atoms with van der Waals surface area (Å²) in [5.41, 5.74) is 1.50. The monoisotopic (exact) mass is 282 g/mol. The summed E-state index contributed by atoms with van der Waals surface area (Å²) in [5.74, 6) is 0.407. The van der Waals surface area contributed by atoms with E-state index < -0.39 is 0 Å². The predicted octanol–water partition coefficient (Wildman–Crippen LogP) is 2.05. The van der Waals surface area contributed by atoms with E-state index >= 15 is 0 Å². The van der Waals surface area contributed by atoms with Crippen LogP contribution in [-0.2, 0) is 6.42 Å². The van der Waals surface area contributed by atoms with Crippen LogP contribution in [0.4, 0.5) is 5.82 Å². The molecule has 0 aliphatic rings. The Labute approximate surface area is 124 Å². The van der Waals surface area contributed by atoms with Crippen molar-refractivity contribution < 1.29 is 4.79 Å². The number of anilines is 1. The van der Waals surface area contributed by atoms with E-state index in [9.17, 15) is 4.79 Å². The lowest BCUT2D eigenvalue weighted by Gasteiger charge is -2.05. The number of hydrogen-bond donors (Lipinski definition) is 2. The van der Waals surface area contributed by atoms with E-state index in [-0.39, 0.29) is 5.91 Å². The Kier molecular flexibility index (Phi) is 5.46. The van der Waals surface area contributed by atoms with Crippen molar-refractivity contribution in [2.75, 3.05) is 18.4 Å². The second-order valence-corrected chi connectivity index (χ2v) is 4.46. The zero-order valence-corrected chi connectivity index (χ0v) is 11.7. The molecule has 0 radical (unpaired) electrons. The Bertz CT molecular complexity index is 581. The van der Waals surface area contributed by atoms with Gasteiger partial charge in [0, 0.05) is 13.1 Å².